The zero-order chi connectivity index (χ0) is 23.4. The molecule has 1 aromatic heterocycles. The summed E-state index contributed by atoms with van der Waals surface area (Å²) in [5, 5.41) is 13.9. The summed E-state index contributed by atoms with van der Waals surface area (Å²) < 4.78 is 5.99. The van der Waals surface area contributed by atoms with Gasteiger partial charge in [-0.2, -0.15) is 0 Å². The van der Waals surface area contributed by atoms with Crippen LogP contribution in [0.25, 0.3) is 0 Å². The Labute approximate surface area is 199 Å². The number of aromatic nitrogens is 1. The number of hydrogen-bond acceptors (Lipinski definition) is 6. The van der Waals surface area contributed by atoms with E-state index in [1.807, 2.05) is 0 Å². The molecule has 1 atom stereocenters. The highest BCUT2D eigenvalue weighted by atomic mass is 16.5. The maximum Gasteiger partial charge on any atom is 0.273 e. The Balaban J connectivity index is 1.11. The molecular formula is C26H34N4O4. The fourth-order valence-electron chi connectivity index (χ4n) is 7.92. The third kappa shape index (κ3) is 3.85. The highest BCUT2D eigenvalue weighted by Crippen LogP contribution is 2.61. The topological polar surface area (TPSA) is 118 Å². The van der Waals surface area contributed by atoms with Crippen LogP contribution >= 0.6 is 0 Å². The van der Waals surface area contributed by atoms with Gasteiger partial charge in [0.25, 0.3) is 11.8 Å². The van der Waals surface area contributed by atoms with Gasteiger partial charge in [-0.1, -0.05) is 0 Å². The van der Waals surface area contributed by atoms with Crippen molar-refractivity contribution in [3.8, 4) is 5.88 Å². The largest absolute Gasteiger partial charge is 0.474 e. The summed E-state index contributed by atoms with van der Waals surface area (Å²) in [5.41, 5.74) is 6.43. The first-order chi connectivity index (χ1) is 16.4. The van der Waals surface area contributed by atoms with Gasteiger partial charge in [0.1, 0.15) is 17.4 Å². The number of carbonyl (C=O) groups excluding carboxylic acids is 2. The zero-order valence-corrected chi connectivity index (χ0v) is 19.5. The third-order valence-electron chi connectivity index (χ3n) is 8.90. The highest BCUT2D eigenvalue weighted by molar-refractivity contribution is 5.95. The quantitative estimate of drug-likeness (QED) is 0.575. The second-order valence-corrected chi connectivity index (χ2v) is 11.3. The Bertz CT molecular complexity index is 981. The van der Waals surface area contributed by atoms with E-state index in [1.54, 1.807) is 23.2 Å². The van der Waals surface area contributed by atoms with Crippen molar-refractivity contribution in [1.29, 1.82) is 0 Å². The van der Waals surface area contributed by atoms with Gasteiger partial charge in [-0.25, -0.2) is 4.98 Å². The Kier molecular flexibility index (Phi) is 5.32. The minimum Gasteiger partial charge on any atom is -0.474 e. The van der Waals surface area contributed by atoms with E-state index in [1.165, 1.54) is 38.5 Å². The minimum atomic E-state index is -0.979. The van der Waals surface area contributed by atoms with E-state index in [0.717, 1.165) is 30.6 Å². The molecule has 0 aromatic carbocycles. The molecule has 34 heavy (non-hydrogen) atoms. The molecule has 6 aliphatic rings. The number of carbonyl (C=O) groups is 2. The Morgan fingerprint density at radius 1 is 1.15 bits per heavy atom. The van der Waals surface area contributed by atoms with Crippen molar-refractivity contribution in [3.63, 3.8) is 0 Å². The first-order valence-electron chi connectivity index (χ1n) is 12.8. The lowest BCUT2D eigenvalue weighted by atomic mass is 9.49. The van der Waals surface area contributed by atoms with Crippen molar-refractivity contribution >= 4 is 11.8 Å². The smallest absolute Gasteiger partial charge is 0.273 e. The normalized spacial score (nSPS) is 40.0. The average molecular weight is 467 g/mol. The van der Waals surface area contributed by atoms with E-state index in [4.69, 9.17) is 10.5 Å². The molecule has 1 saturated heterocycles. The molecule has 8 heteroatoms. The molecule has 4 N–H and O–H groups in total. The Hall–Kier alpha value is -2.61. The van der Waals surface area contributed by atoms with Crippen LogP contribution in [0.2, 0.25) is 0 Å². The van der Waals surface area contributed by atoms with E-state index in [0.29, 0.717) is 18.5 Å². The lowest BCUT2D eigenvalue weighted by Gasteiger charge is -2.55. The van der Waals surface area contributed by atoms with E-state index in [-0.39, 0.29) is 34.9 Å². The van der Waals surface area contributed by atoms with E-state index in [9.17, 15) is 14.7 Å². The van der Waals surface area contributed by atoms with Gasteiger partial charge in [-0.15, -0.1) is 0 Å². The van der Waals surface area contributed by atoms with E-state index in [2.05, 4.69) is 16.4 Å². The molecule has 0 spiro atoms. The lowest BCUT2D eigenvalue weighted by molar-refractivity contribution is -0.137. The van der Waals surface area contributed by atoms with E-state index < -0.39 is 12.3 Å². The van der Waals surface area contributed by atoms with Gasteiger partial charge in [0.15, 0.2) is 0 Å². The second-order valence-electron chi connectivity index (χ2n) is 11.3. The zero-order valence-electron chi connectivity index (χ0n) is 19.5. The van der Waals surface area contributed by atoms with Crippen LogP contribution in [0.3, 0.4) is 0 Å². The van der Waals surface area contributed by atoms with Crippen LogP contribution in [0.5, 0.6) is 5.88 Å². The summed E-state index contributed by atoms with van der Waals surface area (Å²) in [5.74, 6) is 2.05. The van der Waals surface area contributed by atoms with Crippen molar-refractivity contribution in [1.82, 2.24) is 15.2 Å². The molecule has 1 unspecified atom stereocenters. The first kappa shape index (κ1) is 21.9. The van der Waals surface area contributed by atoms with Gasteiger partial charge < -0.3 is 20.9 Å². The third-order valence-corrected chi connectivity index (χ3v) is 8.90. The maximum absolute atomic E-state index is 13.4. The number of nitrogens with zero attached hydrogens (tertiary/aromatic N) is 2. The van der Waals surface area contributed by atoms with Crippen LogP contribution in [0.1, 0.15) is 74.6 Å². The summed E-state index contributed by atoms with van der Waals surface area (Å²) in [7, 11) is 0. The number of nitrogens with two attached hydrogens (primary N) is 1. The number of aliphatic hydroxyl groups excluding tert-OH is 1. The van der Waals surface area contributed by atoms with Crippen molar-refractivity contribution < 1.29 is 19.4 Å². The van der Waals surface area contributed by atoms with Gasteiger partial charge >= 0.3 is 0 Å². The van der Waals surface area contributed by atoms with Crippen molar-refractivity contribution in [2.24, 2.45) is 28.9 Å². The van der Waals surface area contributed by atoms with Crippen LogP contribution in [0.4, 0.5) is 0 Å². The number of ether oxygens (including phenoxy) is 1. The number of aliphatic hydroxyl groups is 1. The first-order valence-corrected chi connectivity index (χ1v) is 12.8. The van der Waals surface area contributed by atoms with Gasteiger partial charge in [0, 0.05) is 12.2 Å². The molecule has 6 fully saturated rings. The number of primary amides is 1. The van der Waals surface area contributed by atoms with Gasteiger partial charge in [0.2, 0.25) is 12.2 Å². The fourth-order valence-corrected chi connectivity index (χ4v) is 7.92. The number of pyridine rings is 1. The number of rotatable bonds is 5. The van der Waals surface area contributed by atoms with Crippen molar-refractivity contribution in [3.05, 3.63) is 35.7 Å². The summed E-state index contributed by atoms with van der Waals surface area (Å²) in [6.07, 6.45) is 13.2. The standard InChI is InChI=1S/C26H34N4O4/c27-22(31)20-2-1-7-28-23(20)34-19-5-3-18(4-6-19)30-24(32)21(29-25(30)33)14-26-11-15-8-16(12-26)10-17(9-15)13-26/h1-2,7,14-19,25,29,33H,3-6,8-13H2,(H2,27,31)/b21-14-/t15?,16?,17?,18-,19-,25?,26?. The molecule has 4 bridgehead atoms. The van der Waals surface area contributed by atoms with Gasteiger partial charge in [-0.3, -0.25) is 14.5 Å². The van der Waals surface area contributed by atoms with Crippen LogP contribution < -0.4 is 15.8 Å². The summed E-state index contributed by atoms with van der Waals surface area (Å²) in [6.45, 7) is 0. The highest BCUT2D eigenvalue weighted by Gasteiger charge is 2.51. The molecule has 0 radical (unpaired) electrons. The molecule has 182 valence electrons. The molecule has 1 aromatic rings. The molecule has 7 rings (SSSR count). The van der Waals surface area contributed by atoms with Crippen LogP contribution in [-0.4, -0.2) is 45.3 Å². The number of hydrogen-bond donors (Lipinski definition) is 3. The number of allylic oxidation sites excluding steroid dienone is 1. The summed E-state index contributed by atoms with van der Waals surface area (Å²) >= 11 is 0. The lowest BCUT2D eigenvalue weighted by Crippen LogP contribution is -2.47. The predicted octanol–water partition coefficient (Wildman–Crippen LogP) is 2.68. The maximum atomic E-state index is 13.4. The molecule has 2 heterocycles. The van der Waals surface area contributed by atoms with Crippen LogP contribution in [-0.2, 0) is 4.79 Å². The Morgan fingerprint density at radius 3 is 2.41 bits per heavy atom. The molecule has 5 aliphatic carbocycles. The minimum absolute atomic E-state index is 0.0449. The molecule has 5 saturated carbocycles. The fraction of sp³-hybridized carbons (Fsp3) is 0.654. The molecule has 8 nitrogen and oxygen atoms in total. The predicted molar refractivity (Wildman–Crippen MR) is 124 cm³/mol. The van der Waals surface area contributed by atoms with Gasteiger partial charge in [-0.05, 0) is 106 Å². The second kappa shape index (κ2) is 8.26. The number of nitrogens with one attached hydrogen (secondary N) is 1. The Morgan fingerprint density at radius 2 is 1.79 bits per heavy atom. The van der Waals surface area contributed by atoms with E-state index >= 15 is 0 Å². The number of amides is 2. The molecule has 2 amide bonds. The summed E-state index contributed by atoms with van der Waals surface area (Å²) in [4.78, 5) is 30.8. The molecular weight excluding hydrogens is 432 g/mol. The van der Waals surface area contributed by atoms with Crippen LogP contribution in [0, 0.1) is 23.2 Å². The average Bonchev–Trinajstić information content (AvgIpc) is 3.06. The van der Waals surface area contributed by atoms with Crippen LogP contribution in [0.15, 0.2) is 30.1 Å². The summed E-state index contributed by atoms with van der Waals surface area (Å²) in [6, 6.07) is 3.22. The van der Waals surface area contributed by atoms with Gasteiger partial charge in [0.05, 0.1) is 0 Å². The van der Waals surface area contributed by atoms with Crippen molar-refractivity contribution in [2.45, 2.75) is 82.7 Å². The SMILES string of the molecule is NC(=O)c1cccnc1O[C@H]1CC[C@H](N2C(=O)/C(=C/C34CC5CC(CC(C5)C3)C4)NC2O)CC1. The monoisotopic (exact) mass is 466 g/mol. The molecule has 1 aliphatic heterocycles. The van der Waals surface area contributed by atoms with Crippen molar-refractivity contribution in [2.75, 3.05) is 0 Å².